The van der Waals surface area contributed by atoms with E-state index in [1.165, 1.54) is 11.1 Å². The number of nitrogens with zero attached hydrogens (tertiary/aromatic N) is 4. The molecule has 0 saturated heterocycles. The molecule has 8 heteroatoms. The summed E-state index contributed by atoms with van der Waals surface area (Å²) in [5.41, 5.74) is 6.50. The highest BCUT2D eigenvalue weighted by molar-refractivity contribution is 7.13. The molecule has 0 amide bonds. The van der Waals surface area contributed by atoms with Crippen molar-refractivity contribution in [1.29, 1.82) is 0 Å². The van der Waals surface area contributed by atoms with Crippen molar-refractivity contribution in [2.75, 3.05) is 6.54 Å². The summed E-state index contributed by atoms with van der Waals surface area (Å²) in [6, 6.07) is 10.2. The molecule has 4 heterocycles. The van der Waals surface area contributed by atoms with Gasteiger partial charge in [0.05, 0.1) is 12.1 Å². The number of nitrogens with one attached hydrogen (secondary N) is 1. The number of thiazole rings is 1. The van der Waals surface area contributed by atoms with Crippen molar-refractivity contribution < 1.29 is 4.52 Å². The number of halogens is 1. The standard InChI is InChI=1S/C21H19N5OS.ClH/c1-13-19(17-7-8-22-10-15(17)11-23-13)20-25-18(27-26-20)9-16-12-28-21(24-16)14-5-3-2-4-6-14;/h2-6,11-12,22H,7-10H2,1H3;1H. The molecule has 0 unspecified atom stereocenters. The molecule has 1 aliphatic rings. The van der Waals surface area contributed by atoms with E-state index in [0.29, 0.717) is 18.1 Å². The third-order valence-corrected chi connectivity index (χ3v) is 5.87. The van der Waals surface area contributed by atoms with Crippen molar-refractivity contribution in [3.8, 4) is 22.0 Å². The van der Waals surface area contributed by atoms with Crippen LogP contribution in [0.4, 0.5) is 0 Å². The van der Waals surface area contributed by atoms with E-state index in [1.54, 1.807) is 11.3 Å². The van der Waals surface area contributed by atoms with Gasteiger partial charge in [0, 0.05) is 34.9 Å². The van der Waals surface area contributed by atoms with Gasteiger partial charge < -0.3 is 9.84 Å². The van der Waals surface area contributed by atoms with Gasteiger partial charge in [-0.2, -0.15) is 4.98 Å². The first kappa shape index (κ1) is 19.7. The van der Waals surface area contributed by atoms with Gasteiger partial charge in [0.15, 0.2) is 0 Å². The third-order valence-electron chi connectivity index (χ3n) is 4.93. The first-order valence-corrected chi connectivity index (χ1v) is 10.2. The van der Waals surface area contributed by atoms with Crippen molar-refractivity contribution in [3.05, 3.63) is 70.3 Å². The molecule has 6 nitrogen and oxygen atoms in total. The van der Waals surface area contributed by atoms with Crippen LogP contribution in [0.2, 0.25) is 0 Å². The van der Waals surface area contributed by atoms with E-state index in [-0.39, 0.29) is 12.4 Å². The summed E-state index contributed by atoms with van der Waals surface area (Å²) in [6.45, 7) is 3.79. The molecule has 1 aromatic carbocycles. The fourth-order valence-electron chi connectivity index (χ4n) is 3.55. The molecule has 0 bridgehead atoms. The summed E-state index contributed by atoms with van der Waals surface area (Å²) >= 11 is 1.63. The quantitative estimate of drug-likeness (QED) is 0.527. The van der Waals surface area contributed by atoms with E-state index in [1.807, 2.05) is 31.3 Å². The molecule has 148 valence electrons. The lowest BCUT2D eigenvalue weighted by Crippen LogP contribution is -2.24. The molecule has 0 saturated carbocycles. The minimum atomic E-state index is 0. The van der Waals surface area contributed by atoms with E-state index in [9.17, 15) is 0 Å². The number of pyridine rings is 1. The molecule has 0 spiro atoms. The molecule has 1 N–H and O–H groups in total. The van der Waals surface area contributed by atoms with Crippen molar-refractivity contribution in [2.24, 2.45) is 0 Å². The van der Waals surface area contributed by atoms with Crippen LogP contribution in [0.1, 0.15) is 28.4 Å². The first-order chi connectivity index (χ1) is 13.8. The maximum atomic E-state index is 5.54. The molecule has 0 aliphatic carbocycles. The Morgan fingerprint density at radius 2 is 2.03 bits per heavy atom. The van der Waals surface area contributed by atoms with Gasteiger partial charge >= 0.3 is 0 Å². The van der Waals surface area contributed by atoms with Crippen molar-refractivity contribution in [1.82, 2.24) is 25.4 Å². The molecule has 0 fully saturated rings. The molecule has 29 heavy (non-hydrogen) atoms. The molecule has 0 atom stereocenters. The largest absolute Gasteiger partial charge is 0.339 e. The Balaban J connectivity index is 0.00000205. The van der Waals surface area contributed by atoms with Gasteiger partial charge in [-0.15, -0.1) is 23.7 Å². The molecule has 0 radical (unpaired) electrons. The Morgan fingerprint density at radius 3 is 2.90 bits per heavy atom. The van der Waals surface area contributed by atoms with E-state index in [4.69, 9.17) is 9.51 Å². The summed E-state index contributed by atoms with van der Waals surface area (Å²) in [5, 5.41) is 10.7. The van der Waals surface area contributed by atoms with Gasteiger partial charge in [-0.3, -0.25) is 4.98 Å². The average molecular weight is 426 g/mol. The molecular weight excluding hydrogens is 406 g/mol. The number of hydrogen-bond donors (Lipinski definition) is 1. The lowest BCUT2D eigenvalue weighted by molar-refractivity contribution is 0.385. The van der Waals surface area contributed by atoms with E-state index in [2.05, 4.69) is 38.0 Å². The molecule has 5 rings (SSSR count). The van der Waals surface area contributed by atoms with Crippen LogP contribution in [0, 0.1) is 6.92 Å². The van der Waals surface area contributed by atoms with Gasteiger partial charge in [0.25, 0.3) is 0 Å². The van der Waals surface area contributed by atoms with Crippen LogP contribution in [0.5, 0.6) is 0 Å². The average Bonchev–Trinajstić information content (AvgIpc) is 3.39. The monoisotopic (exact) mass is 425 g/mol. The normalized spacial score (nSPS) is 13.0. The van der Waals surface area contributed by atoms with Gasteiger partial charge in [-0.05, 0) is 31.0 Å². The van der Waals surface area contributed by atoms with Crippen LogP contribution in [0.3, 0.4) is 0 Å². The van der Waals surface area contributed by atoms with E-state index in [0.717, 1.165) is 47.0 Å². The van der Waals surface area contributed by atoms with Crippen LogP contribution in [-0.4, -0.2) is 26.7 Å². The number of aryl methyl sites for hydroxylation is 1. The number of hydrogen-bond acceptors (Lipinski definition) is 7. The SMILES string of the molecule is Cc1ncc2c(c1-c1noc(Cc3csc(-c4ccccc4)n3)n1)CCNC2.Cl. The Hall–Kier alpha value is -2.61. The summed E-state index contributed by atoms with van der Waals surface area (Å²) in [6.07, 6.45) is 3.42. The van der Waals surface area contributed by atoms with E-state index >= 15 is 0 Å². The molecule has 4 aromatic rings. The highest BCUT2D eigenvalue weighted by atomic mass is 35.5. The second kappa shape index (κ2) is 8.41. The van der Waals surface area contributed by atoms with Crippen LogP contribution >= 0.6 is 23.7 Å². The van der Waals surface area contributed by atoms with Gasteiger partial charge in [0.2, 0.25) is 11.7 Å². The number of benzene rings is 1. The predicted molar refractivity (Wildman–Crippen MR) is 115 cm³/mol. The summed E-state index contributed by atoms with van der Waals surface area (Å²) in [5.74, 6) is 1.20. The fourth-order valence-corrected chi connectivity index (χ4v) is 4.38. The Labute approximate surface area is 178 Å². The predicted octanol–water partition coefficient (Wildman–Crippen LogP) is 4.22. The van der Waals surface area contributed by atoms with Gasteiger partial charge in [-0.1, -0.05) is 35.5 Å². The zero-order chi connectivity index (χ0) is 18.9. The van der Waals surface area contributed by atoms with Crippen molar-refractivity contribution in [2.45, 2.75) is 26.3 Å². The van der Waals surface area contributed by atoms with Crippen LogP contribution < -0.4 is 5.32 Å². The number of aromatic nitrogens is 4. The highest BCUT2D eigenvalue weighted by Crippen LogP contribution is 2.29. The van der Waals surface area contributed by atoms with Crippen LogP contribution in [-0.2, 0) is 19.4 Å². The minimum absolute atomic E-state index is 0. The molecule has 3 aromatic heterocycles. The molecule has 1 aliphatic heterocycles. The Kier molecular flexibility index (Phi) is 5.71. The smallest absolute Gasteiger partial charge is 0.233 e. The van der Waals surface area contributed by atoms with Gasteiger partial charge in [0.1, 0.15) is 5.01 Å². The summed E-state index contributed by atoms with van der Waals surface area (Å²) in [4.78, 5) is 13.9. The lowest BCUT2D eigenvalue weighted by atomic mass is 9.95. The Morgan fingerprint density at radius 1 is 1.17 bits per heavy atom. The maximum Gasteiger partial charge on any atom is 0.233 e. The van der Waals surface area contributed by atoms with Crippen molar-refractivity contribution >= 4 is 23.7 Å². The maximum absolute atomic E-state index is 5.54. The zero-order valence-corrected chi connectivity index (χ0v) is 17.5. The number of rotatable bonds is 4. The number of fused-ring (bicyclic) bond motifs is 1. The Bertz CT molecular complexity index is 1130. The first-order valence-electron chi connectivity index (χ1n) is 9.29. The fraction of sp³-hybridized carbons (Fsp3) is 0.238. The zero-order valence-electron chi connectivity index (χ0n) is 15.9. The van der Waals surface area contributed by atoms with Gasteiger partial charge in [-0.25, -0.2) is 4.98 Å². The topological polar surface area (TPSA) is 76.7 Å². The molecular formula is C21H20ClN5OS. The lowest BCUT2D eigenvalue weighted by Gasteiger charge is -2.19. The second-order valence-electron chi connectivity index (χ2n) is 6.85. The second-order valence-corrected chi connectivity index (χ2v) is 7.71. The van der Waals surface area contributed by atoms with Crippen LogP contribution in [0.15, 0.2) is 46.4 Å². The highest BCUT2D eigenvalue weighted by Gasteiger charge is 2.21. The van der Waals surface area contributed by atoms with Crippen LogP contribution in [0.25, 0.3) is 22.0 Å². The summed E-state index contributed by atoms with van der Waals surface area (Å²) < 4.78 is 5.54. The van der Waals surface area contributed by atoms with E-state index < -0.39 is 0 Å². The third kappa shape index (κ3) is 3.94. The summed E-state index contributed by atoms with van der Waals surface area (Å²) in [7, 11) is 0. The van der Waals surface area contributed by atoms with Crippen molar-refractivity contribution in [3.63, 3.8) is 0 Å². The minimum Gasteiger partial charge on any atom is -0.339 e.